The van der Waals surface area contributed by atoms with E-state index in [9.17, 15) is 14.7 Å². The van der Waals surface area contributed by atoms with Crippen molar-refractivity contribution >= 4 is 34.5 Å². The molecule has 6 atom stereocenters. The number of ether oxygens (including phenoxy) is 10. The zero-order chi connectivity index (χ0) is 48.8. The fourth-order valence-electron chi connectivity index (χ4n) is 7.51. The summed E-state index contributed by atoms with van der Waals surface area (Å²) >= 11 is 2.32. The van der Waals surface area contributed by atoms with Crippen LogP contribution >= 0.6 is 22.6 Å². The summed E-state index contributed by atoms with van der Waals surface area (Å²) in [6.07, 6.45) is 7.41. The van der Waals surface area contributed by atoms with Crippen LogP contribution in [0.1, 0.15) is 85.2 Å². The maximum Gasteiger partial charge on any atom is 0.338 e. The van der Waals surface area contributed by atoms with Crippen molar-refractivity contribution in [2.75, 3.05) is 38.5 Å². The van der Waals surface area contributed by atoms with Crippen LogP contribution in [-0.2, 0) is 51.1 Å². The molecule has 68 heavy (non-hydrogen) atoms. The summed E-state index contributed by atoms with van der Waals surface area (Å²) in [5, 5.41) is 9.47. The normalized spacial score (nSPS) is 20.4. The fraction of sp³-hybridized carbons (Fsp3) is 0.444. The van der Waals surface area contributed by atoms with Crippen molar-refractivity contribution in [1.82, 2.24) is 0 Å². The van der Waals surface area contributed by atoms with Gasteiger partial charge in [-0.25, -0.2) is 9.59 Å². The van der Waals surface area contributed by atoms with E-state index in [1.807, 2.05) is 125 Å². The standard InChI is InChI=1S/C27H33IO6.C27H34O7/c2*1-27(2)33-24(16-17-28)25(34-27)23(32-26(29)21-9-5-4-6-10-21)11-7-8-18-31-19-20-12-14-22(30-3)15-13-20/h4-7,9-15,23-25H,8,16-19H2,1-3H3;4-7,9-15,23-25,28H,8,16-19H2,1-3H3/b2*11-7-/t2*23?,24-,25?/m00/s1. The Morgan fingerprint density at radius 2 is 1.00 bits per heavy atom. The quantitative estimate of drug-likeness (QED) is 0.0234. The molecule has 4 unspecified atom stereocenters. The molecule has 2 heterocycles. The lowest BCUT2D eigenvalue weighted by atomic mass is 10.0. The van der Waals surface area contributed by atoms with Gasteiger partial charge in [0.05, 0.1) is 64.0 Å². The molecule has 2 saturated heterocycles. The fourth-order valence-corrected chi connectivity index (χ4v) is 8.13. The lowest BCUT2D eigenvalue weighted by molar-refractivity contribution is -0.153. The van der Waals surface area contributed by atoms with Crippen molar-refractivity contribution in [2.45, 2.75) is 115 Å². The molecule has 0 amide bonds. The second-order valence-corrected chi connectivity index (χ2v) is 18.1. The third-order valence-corrected chi connectivity index (χ3v) is 11.4. The van der Waals surface area contributed by atoms with Gasteiger partial charge < -0.3 is 52.5 Å². The van der Waals surface area contributed by atoms with Crippen LogP contribution in [0.25, 0.3) is 0 Å². The minimum Gasteiger partial charge on any atom is -0.497 e. The number of aliphatic hydroxyl groups is 1. The van der Waals surface area contributed by atoms with E-state index < -0.39 is 42.0 Å². The molecule has 6 rings (SSSR count). The highest BCUT2D eigenvalue weighted by molar-refractivity contribution is 14.1. The average molecular weight is 1050 g/mol. The first-order valence-corrected chi connectivity index (χ1v) is 24.5. The SMILES string of the molecule is COc1ccc(COCC/C=C\C(OC(=O)c2ccccc2)C2OC(C)(C)O[C@H]2CCI)cc1.COc1ccc(COCC/C=C\C(OC(=O)c2ccccc2)C2OC(C)(C)O[C@H]2CCO)cc1. The van der Waals surface area contributed by atoms with Crippen LogP contribution < -0.4 is 9.47 Å². The molecular formula is C54H67IO13. The highest BCUT2D eigenvalue weighted by Crippen LogP contribution is 2.35. The Morgan fingerprint density at radius 3 is 1.37 bits per heavy atom. The minimum absolute atomic E-state index is 0.0527. The maximum absolute atomic E-state index is 12.8. The van der Waals surface area contributed by atoms with Crippen LogP contribution in [0.4, 0.5) is 0 Å². The molecule has 4 aromatic carbocycles. The Hall–Kier alpha value is -4.65. The first-order valence-electron chi connectivity index (χ1n) is 23.0. The zero-order valence-electron chi connectivity index (χ0n) is 40.0. The lowest BCUT2D eigenvalue weighted by Crippen LogP contribution is -2.38. The third-order valence-electron chi connectivity index (χ3n) is 10.8. The van der Waals surface area contributed by atoms with Gasteiger partial charge in [-0.3, -0.25) is 0 Å². The van der Waals surface area contributed by atoms with Gasteiger partial charge in [0.25, 0.3) is 0 Å². The molecule has 2 aliphatic heterocycles. The molecule has 368 valence electrons. The molecule has 13 nitrogen and oxygen atoms in total. The first-order chi connectivity index (χ1) is 32.8. The average Bonchev–Trinajstić information content (AvgIpc) is 3.83. The Morgan fingerprint density at radius 1 is 0.603 bits per heavy atom. The molecule has 2 aliphatic rings. The van der Waals surface area contributed by atoms with Gasteiger partial charge in [0.15, 0.2) is 11.6 Å². The number of carbonyl (C=O) groups is 2. The van der Waals surface area contributed by atoms with Crippen LogP contribution in [-0.4, -0.2) is 104 Å². The molecule has 4 aromatic rings. The number of rotatable bonds is 24. The van der Waals surface area contributed by atoms with E-state index in [1.165, 1.54) is 0 Å². The molecule has 1 N–H and O–H groups in total. The van der Waals surface area contributed by atoms with E-state index in [2.05, 4.69) is 22.6 Å². The number of hydrogen-bond donors (Lipinski definition) is 1. The van der Waals surface area contributed by atoms with Gasteiger partial charge in [-0.2, -0.15) is 0 Å². The van der Waals surface area contributed by atoms with Gasteiger partial charge in [-0.1, -0.05) is 95.4 Å². The lowest BCUT2D eigenvalue weighted by Gasteiger charge is -2.24. The summed E-state index contributed by atoms with van der Waals surface area (Å²) in [5.41, 5.74) is 3.11. The molecule has 0 aliphatic carbocycles. The number of hydrogen-bond acceptors (Lipinski definition) is 13. The summed E-state index contributed by atoms with van der Waals surface area (Å²) in [5.74, 6) is -0.756. The minimum atomic E-state index is -0.836. The van der Waals surface area contributed by atoms with Gasteiger partial charge >= 0.3 is 11.9 Å². The van der Waals surface area contributed by atoms with Gasteiger partial charge in [-0.05, 0) is 125 Å². The Bertz CT molecular complexity index is 1970. The number of benzene rings is 4. The third kappa shape index (κ3) is 18.0. The molecule has 0 spiro atoms. The number of methoxy groups -OCH3 is 2. The van der Waals surface area contributed by atoms with Crippen molar-refractivity contribution < 1.29 is 62.1 Å². The van der Waals surface area contributed by atoms with Crippen LogP contribution in [0.5, 0.6) is 11.5 Å². The van der Waals surface area contributed by atoms with Gasteiger partial charge in [0.1, 0.15) is 35.9 Å². The van der Waals surface area contributed by atoms with E-state index >= 15 is 0 Å². The van der Waals surface area contributed by atoms with E-state index in [-0.39, 0.29) is 24.8 Å². The molecule has 0 aromatic heterocycles. The van der Waals surface area contributed by atoms with E-state index in [0.717, 1.165) is 33.5 Å². The van der Waals surface area contributed by atoms with Gasteiger partial charge in [-0.15, -0.1) is 0 Å². The molecule has 0 bridgehead atoms. The smallest absolute Gasteiger partial charge is 0.338 e. The highest BCUT2D eigenvalue weighted by atomic mass is 127. The van der Waals surface area contributed by atoms with Crippen molar-refractivity contribution in [2.24, 2.45) is 0 Å². The summed E-state index contributed by atoms with van der Waals surface area (Å²) in [7, 11) is 3.29. The Kier molecular flexibility index (Phi) is 22.5. The number of carbonyl (C=O) groups excluding carboxylic acids is 2. The first kappa shape index (κ1) is 54.3. The number of esters is 2. The van der Waals surface area contributed by atoms with E-state index in [4.69, 9.17) is 47.4 Å². The van der Waals surface area contributed by atoms with Crippen molar-refractivity contribution in [3.63, 3.8) is 0 Å². The van der Waals surface area contributed by atoms with Crippen LogP contribution in [0, 0.1) is 0 Å². The second-order valence-electron chi connectivity index (χ2n) is 17.0. The summed E-state index contributed by atoms with van der Waals surface area (Å²) in [4.78, 5) is 25.5. The van der Waals surface area contributed by atoms with E-state index in [0.29, 0.717) is 56.8 Å². The Labute approximate surface area is 415 Å². The highest BCUT2D eigenvalue weighted by Gasteiger charge is 2.46. The largest absolute Gasteiger partial charge is 0.497 e. The Balaban J connectivity index is 0.000000254. The summed E-state index contributed by atoms with van der Waals surface area (Å²) in [6.45, 7) is 9.42. The predicted molar refractivity (Wildman–Crippen MR) is 267 cm³/mol. The monoisotopic (exact) mass is 1050 g/mol. The number of halogens is 1. The second kappa shape index (κ2) is 28.1. The zero-order valence-corrected chi connectivity index (χ0v) is 42.1. The van der Waals surface area contributed by atoms with Crippen LogP contribution in [0.15, 0.2) is 133 Å². The summed E-state index contributed by atoms with van der Waals surface area (Å²) < 4.78 is 58.8. The van der Waals surface area contributed by atoms with Crippen LogP contribution in [0.2, 0.25) is 0 Å². The van der Waals surface area contributed by atoms with Crippen LogP contribution in [0.3, 0.4) is 0 Å². The number of alkyl halides is 1. The molecule has 0 radical (unpaired) electrons. The predicted octanol–water partition coefficient (Wildman–Crippen LogP) is 10.0. The van der Waals surface area contributed by atoms with Gasteiger partial charge in [0, 0.05) is 11.0 Å². The van der Waals surface area contributed by atoms with Crippen molar-refractivity contribution in [3.05, 3.63) is 156 Å². The molecule has 14 heteroatoms. The molecule has 2 fully saturated rings. The summed E-state index contributed by atoms with van der Waals surface area (Å²) in [6, 6.07) is 33.4. The molecular weight excluding hydrogens is 983 g/mol. The van der Waals surface area contributed by atoms with Gasteiger partial charge in [0.2, 0.25) is 0 Å². The molecule has 0 saturated carbocycles. The maximum atomic E-state index is 12.8. The topological polar surface area (TPSA) is 147 Å². The van der Waals surface area contributed by atoms with E-state index in [1.54, 1.807) is 50.6 Å². The van der Waals surface area contributed by atoms with Crippen molar-refractivity contribution in [1.29, 1.82) is 0 Å². The van der Waals surface area contributed by atoms with Crippen molar-refractivity contribution in [3.8, 4) is 11.5 Å². The number of aliphatic hydroxyl groups excluding tert-OH is 1.